The third kappa shape index (κ3) is 2.55. The molecule has 20 heavy (non-hydrogen) atoms. The molecule has 1 aliphatic carbocycles. The zero-order valence-electron chi connectivity index (χ0n) is 12.1. The smallest absolute Gasteiger partial charge is 0.224 e. The normalized spacial score (nSPS) is 21.2. The van der Waals surface area contributed by atoms with Crippen LogP contribution in [0.4, 0.5) is 0 Å². The van der Waals surface area contributed by atoms with Crippen LogP contribution in [0.2, 0.25) is 0 Å². The van der Waals surface area contributed by atoms with Gasteiger partial charge in [-0.3, -0.25) is 9.89 Å². The van der Waals surface area contributed by atoms with Crippen LogP contribution in [0.1, 0.15) is 38.7 Å². The van der Waals surface area contributed by atoms with Gasteiger partial charge in [0, 0.05) is 11.4 Å². The molecular weight excluding hydrogens is 250 g/mol. The maximum absolute atomic E-state index is 12.2. The topological polar surface area (TPSA) is 57.8 Å². The summed E-state index contributed by atoms with van der Waals surface area (Å²) in [5.41, 5.74) is 2.27. The Kier molecular flexibility index (Phi) is 3.24. The number of nitrogens with zero attached hydrogens (tertiary/aromatic N) is 1. The summed E-state index contributed by atoms with van der Waals surface area (Å²) >= 11 is 0. The number of hydrogen-bond acceptors (Lipinski definition) is 2. The molecule has 0 spiro atoms. The van der Waals surface area contributed by atoms with Gasteiger partial charge in [-0.15, -0.1) is 0 Å². The number of carbonyl (C=O) groups is 1. The van der Waals surface area contributed by atoms with E-state index in [1.165, 1.54) is 12.8 Å². The fourth-order valence-corrected chi connectivity index (χ4v) is 3.13. The number of aromatic amines is 1. The number of hydrogen-bond donors (Lipinski definition) is 2. The average molecular weight is 271 g/mol. The van der Waals surface area contributed by atoms with Crippen molar-refractivity contribution in [2.75, 3.05) is 0 Å². The van der Waals surface area contributed by atoms with Gasteiger partial charge in [0.05, 0.1) is 18.1 Å². The first-order chi connectivity index (χ1) is 9.54. The molecule has 1 atom stereocenters. The summed E-state index contributed by atoms with van der Waals surface area (Å²) in [4.78, 5) is 12.2. The summed E-state index contributed by atoms with van der Waals surface area (Å²) in [6.45, 7) is 4.48. The fraction of sp³-hybridized carbons (Fsp3) is 0.500. The van der Waals surface area contributed by atoms with E-state index >= 15 is 0 Å². The number of nitrogens with one attached hydrogen (secondary N) is 2. The van der Waals surface area contributed by atoms with Crippen LogP contribution < -0.4 is 5.32 Å². The van der Waals surface area contributed by atoms with Crippen LogP contribution in [0.5, 0.6) is 0 Å². The van der Waals surface area contributed by atoms with Gasteiger partial charge in [-0.2, -0.15) is 5.10 Å². The number of benzene rings is 1. The van der Waals surface area contributed by atoms with E-state index in [-0.39, 0.29) is 11.3 Å². The number of aromatic nitrogens is 2. The van der Waals surface area contributed by atoms with Crippen molar-refractivity contribution in [1.82, 2.24) is 15.5 Å². The minimum absolute atomic E-state index is 0.118. The van der Waals surface area contributed by atoms with E-state index in [0.29, 0.717) is 12.5 Å². The predicted octanol–water partition coefficient (Wildman–Crippen LogP) is 2.80. The molecule has 1 aliphatic rings. The van der Waals surface area contributed by atoms with Crippen LogP contribution in [-0.2, 0) is 11.2 Å². The first-order valence-corrected chi connectivity index (χ1v) is 7.26. The van der Waals surface area contributed by atoms with Gasteiger partial charge in [0.2, 0.25) is 5.91 Å². The molecule has 0 radical (unpaired) electrons. The van der Waals surface area contributed by atoms with E-state index in [9.17, 15) is 4.79 Å². The van der Waals surface area contributed by atoms with Gasteiger partial charge in [-0.1, -0.05) is 26.3 Å². The summed E-state index contributed by atoms with van der Waals surface area (Å²) in [5, 5.41) is 11.2. The monoisotopic (exact) mass is 271 g/mol. The third-order valence-electron chi connectivity index (χ3n) is 4.46. The molecule has 4 nitrogen and oxygen atoms in total. The zero-order valence-corrected chi connectivity index (χ0v) is 12.1. The second-order valence-corrected chi connectivity index (χ2v) is 6.47. The van der Waals surface area contributed by atoms with Crippen molar-refractivity contribution in [3.63, 3.8) is 0 Å². The second-order valence-electron chi connectivity index (χ2n) is 6.47. The Morgan fingerprint density at radius 1 is 1.50 bits per heavy atom. The minimum atomic E-state index is 0.118. The maximum Gasteiger partial charge on any atom is 0.224 e. The van der Waals surface area contributed by atoms with E-state index in [0.717, 1.165) is 22.9 Å². The summed E-state index contributed by atoms with van der Waals surface area (Å²) in [5.74, 6) is 0.118. The van der Waals surface area contributed by atoms with E-state index in [4.69, 9.17) is 0 Å². The van der Waals surface area contributed by atoms with E-state index in [1.54, 1.807) is 6.20 Å². The molecule has 2 aromatic rings. The lowest BCUT2D eigenvalue weighted by Gasteiger charge is -2.27. The lowest BCUT2D eigenvalue weighted by Crippen LogP contribution is -2.42. The largest absolute Gasteiger partial charge is 0.353 e. The Hall–Kier alpha value is -1.84. The number of fused-ring (bicyclic) bond motifs is 1. The van der Waals surface area contributed by atoms with Gasteiger partial charge >= 0.3 is 0 Å². The number of rotatable bonds is 3. The SMILES string of the molecule is CC1(C)CCC[C@@H]1NC(=O)Cc1ccc2[nH]ncc2c1. The first kappa shape index (κ1) is 13.2. The highest BCUT2D eigenvalue weighted by Crippen LogP contribution is 2.37. The molecule has 1 heterocycles. The molecule has 0 aliphatic heterocycles. The number of carbonyl (C=O) groups excluding carboxylic acids is 1. The Morgan fingerprint density at radius 2 is 2.35 bits per heavy atom. The van der Waals surface area contributed by atoms with Crippen LogP contribution in [0, 0.1) is 5.41 Å². The molecule has 2 N–H and O–H groups in total. The average Bonchev–Trinajstić information content (AvgIpc) is 2.96. The van der Waals surface area contributed by atoms with Crippen molar-refractivity contribution in [1.29, 1.82) is 0 Å². The summed E-state index contributed by atoms with van der Waals surface area (Å²) in [6.07, 6.45) is 5.72. The van der Waals surface area contributed by atoms with Gasteiger partial charge in [0.25, 0.3) is 0 Å². The van der Waals surface area contributed by atoms with Crippen LogP contribution >= 0.6 is 0 Å². The standard InChI is InChI=1S/C16H21N3O/c1-16(2)7-3-4-14(16)18-15(20)9-11-5-6-13-12(8-11)10-17-19-13/h5-6,8,10,14H,3-4,7,9H2,1-2H3,(H,17,19)(H,18,20)/t14-/m0/s1. The number of H-pyrrole nitrogens is 1. The van der Waals surface area contributed by atoms with E-state index < -0.39 is 0 Å². The van der Waals surface area contributed by atoms with Crippen LogP contribution in [0.15, 0.2) is 24.4 Å². The Bertz CT molecular complexity index is 629. The summed E-state index contributed by atoms with van der Waals surface area (Å²) in [6, 6.07) is 6.30. The molecule has 3 rings (SSSR count). The fourth-order valence-electron chi connectivity index (χ4n) is 3.13. The van der Waals surface area contributed by atoms with Gasteiger partial charge < -0.3 is 5.32 Å². The maximum atomic E-state index is 12.2. The van der Waals surface area contributed by atoms with Gasteiger partial charge in [0.1, 0.15) is 0 Å². The minimum Gasteiger partial charge on any atom is -0.353 e. The molecule has 4 heteroatoms. The van der Waals surface area contributed by atoms with E-state index in [1.807, 2.05) is 18.2 Å². The summed E-state index contributed by atoms with van der Waals surface area (Å²) in [7, 11) is 0. The van der Waals surface area contributed by atoms with Gasteiger partial charge in [-0.25, -0.2) is 0 Å². The van der Waals surface area contributed by atoms with Crippen LogP contribution in [0.3, 0.4) is 0 Å². The van der Waals surface area contributed by atoms with Crippen LogP contribution in [0.25, 0.3) is 10.9 Å². The Morgan fingerprint density at radius 3 is 3.10 bits per heavy atom. The highest BCUT2D eigenvalue weighted by molar-refractivity contribution is 5.83. The molecule has 106 valence electrons. The molecule has 1 amide bonds. The molecule has 0 unspecified atom stereocenters. The van der Waals surface area contributed by atoms with Gasteiger partial charge in [0.15, 0.2) is 0 Å². The quantitative estimate of drug-likeness (QED) is 0.902. The van der Waals surface area contributed by atoms with E-state index in [2.05, 4.69) is 29.4 Å². The molecule has 1 fully saturated rings. The van der Waals surface area contributed by atoms with Crippen molar-refractivity contribution in [2.45, 2.75) is 45.6 Å². The van der Waals surface area contributed by atoms with Crippen molar-refractivity contribution >= 4 is 16.8 Å². The van der Waals surface area contributed by atoms with Crippen molar-refractivity contribution in [3.8, 4) is 0 Å². The van der Waals surface area contributed by atoms with Crippen LogP contribution in [-0.4, -0.2) is 22.1 Å². The third-order valence-corrected chi connectivity index (χ3v) is 4.46. The van der Waals surface area contributed by atoms with Crippen molar-refractivity contribution < 1.29 is 4.79 Å². The van der Waals surface area contributed by atoms with Gasteiger partial charge in [-0.05, 0) is 36.0 Å². The molecule has 0 saturated heterocycles. The Balaban J connectivity index is 1.66. The highest BCUT2D eigenvalue weighted by Gasteiger charge is 2.35. The zero-order chi connectivity index (χ0) is 14.2. The number of amides is 1. The first-order valence-electron chi connectivity index (χ1n) is 7.26. The molecule has 1 aromatic heterocycles. The van der Waals surface area contributed by atoms with Crippen molar-refractivity contribution in [2.24, 2.45) is 5.41 Å². The molecule has 0 bridgehead atoms. The molecule has 1 aromatic carbocycles. The highest BCUT2D eigenvalue weighted by atomic mass is 16.1. The van der Waals surface area contributed by atoms with Crippen molar-refractivity contribution in [3.05, 3.63) is 30.0 Å². The molecule has 1 saturated carbocycles. The lowest BCUT2D eigenvalue weighted by molar-refractivity contribution is -0.121. The predicted molar refractivity (Wildman–Crippen MR) is 79.4 cm³/mol. The lowest BCUT2D eigenvalue weighted by atomic mass is 9.87. The molecular formula is C16H21N3O. The Labute approximate surface area is 119 Å². The second kappa shape index (κ2) is 4.93. The summed E-state index contributed by atoms with van der Waals surface area (Å²) < 4.78 is 0.